The fourth-order valence-corrected chi connectivity index (χ4v) is 4.38. The van der Waals surface area contributed by atoms with Gasteiger partial charge in [-0.2, -0.15) is 0 Å². The van der Waals surface area contributed by atoms with Gasteiger partial charge in [-0.05, 0) is 48.4 Å². The van der Waals surface area contributed by atoms with Gasteiger partial charge in [0.05, 0.1) is 11.8 Å². The van der Waals surface area contributed by atoms with E-state index in [0.29, 0.717) is 0 Å². The van der Waals surface area contributed by atoms with Crippen LogP contribution in [0.4, 0.5) is 0 Å². The third kappa shape index (κ3) is 3.05. The zero-order valence-corrected chi connectivity index (χ0v) is 15.8. The van der Waals surface area contributed by atoms with E-state index in [0.717, 1.165) is 49.9 Å². The molecule has 0 unspecified atom stereocenters. The number of hydrogen-bond acceptors (Lipinski definition) is 3. The molecule has 0 amide bonds. The fourth-order valence-electron chi connectivity index (χ4n) is 3.08. The highest BCUT2D eigenvalue weighted by atomic mass is 32.1. The molecular weight excluding hydrogens is 316 g/mol. The highest BCUT2D eigenvalue weighted by molar-refractivity contribution is 7.25. The summed E-state index contributed by atoms with van der Waals surface area (Å²) >= 11 is 1.65. The molecule has 0 spiro atoms. The Hall–Kier alpha value is -1.87. The molecule has 0 aliphatic heterocycles. The summed E-state index contributed by atoms with van der Waals surface area (Å²) in [6.45, 7) is 8.72. The Morgan fingerprint density at radius 1 is 1.08 bits per heavy atom. The molecule has 126 valence electrons. The minimum atomic E-state index is 0.139. The molecule has 0 radical (unpaired) electrons. The number of ether oxygens (including phenoxy) is 1. The first kappa shape index (κ1) is 17.0. The summed E-state index contributed by atoms with van der Waals surface area (Å²) in [5.41, 5.74) is 2.57. The predicted molar refractivity (Wildman–Crippen MR) is 105 cm³/mol. The van der Waals surface area contributed by atoms with E-state index in [1.54, 1.807) is 18.4 Å². The average Bonchev–Trinajstić information content (AvgIpc) is 2.52. The standard InChI is InChI=1S/C21H24O2S/c1-13-9-10-15(23-5)20-17(13)19(22)18-14(11-12-21(2,3)4)7-6-8-16(18)24-20/h6-10H,11-12H2,1-5H3. The van der Waals surface area contributed by atoms with E-state index in [2.05, 4.69) is 32.9 Å². The van der Waals surface area contributed by atoms with Crippen LogP contribution in [0.3, 0.4) is 0 Å². The molecule has 0 atom stereocenters. The van der Waals surface area contributed by atoms with Crippen LogP contribution >= 0.6 is 11.3 Å². The van der Waals surface area contributed by atoms with Crippen molar-refractivity contribution in [3.05, 3.63) is 51.7 Å². The normalized spacial score (nSPS) is 12.0. The number of rotatable bonds is 3. The molecule has 3 rings (SSSR count). The maximum absolute atomic E-state index is 13.3. The van der Waals surface area contributed by atoms with Gasteiger partial charge in [0.15, 0.2) is 5.43 Å². The monoisotopic (exact) mass is 340 g/mol. The summed E-state index contributed by atoms with van der Waals surface area (Å²) in [6, 6.07) is 10.1. The summed E-state index contributed by atoms with van der Waals surface area (Å²) in [7, 11) is 1.66. The first-order valence-electron chi connectivity index (χ1n) is 8.34. The Balaban J connectivity index is 2.31. The second-order valence-electron chi connectivity index (χ2n) is 7.57. The Morgan fingerprint density at radius 2 is 1.83 bits per heavy atom. The summed E-state index contributed by atoms with van der Waals surface area (Å²) in [4.78, 5) is 13.3. The van der Waals surface area contributed by atoms with E-state index in [9.17, 15) is 4.79 Å². The molecule has 3 heteroatoms. The maximum Gasteiger partial charge on any atom is 0.196 e. The van der Waals surface area contributed by atoms with E-state index >= 15 is 0 Å². The van der Waals surface area contributed by atoms with E-state index in [1.807, 2.05) is 25.1 Å². The van der Waals surface area contributed by atoms with Gasteiger partial charge in [-0.3, -0.25) is 4.79 Å². The van der Waals surface area contributed by atoms with Crippen molar-refractivity contribution in [2.75, 3.05) is 7.11 Å². The quantitative estimate of drug-likeness (QED) is 0.571. The lowest BCUT2D eigenvalue weighted by molar-refractivity contribution is 0.378. The third-order valence-electron chi connectivity index (χ3n) is 4.47. The maximum atomic E-state index is 13.3. The first-order chi connectivity index (χ1) is 11.3. The molecule has 3 aromatic rings. The van der Waals surface area contributed by atoms with Crippen LogP contribution in [0.1, 0.15) is 38.3 Å². The molecule has 2 aromatic carbocycles. The largest absolute Gasteiger partial charge is 0.495 e. The van der Waals surface area contributed by atoms with Crippen molar-refractivity contribution in [1.82, 2.24) is 0 Å². The summed E-state index contributed by atoms with van der Waals surface area (Å²) in [5.74, 6) is 0.777. The van der Waals surface area contributed by atoms with Crippen LogP contribution < -0.4 is 10.2 Å². The van der Waals surface area contributed by atoms with Crippen molar-refractivity contribution >= 4 is 31.5 Å². The van der Waals surface area contributed by atoms with Crippen LogP contribution in [-0.4, -0.2) is 7.11 Å². The molecular formula is C21H24O2S. The van der Waals surface area contributed by atoms with Crippen LogP contribution in [0, 0.1) is 12.3 Å². The first-order valence-corrected chi connectivity index (χ1v) is 9.15. The van der Waals surface area contributed by atoms with Gasteiger partial charge in [0, 0.05) is 15.5 Å². The second-order valence-corrected chi connectivity index (χ2v) is 8.62. The van der Waals surface area contributed by atoms with Crippen molar-refractivity contribution < 1.29 is 4.74 Å². The van der Waals surface area contributed by atoms with Crippen molar-refractivity contribution in [3.8, 4) is 5.75 Å². The van der Waals surface area contributed by atoms with Gasteiger partial charge >= 0.3 is 0 Å². The van der Waals surface area contributed by atoms with E-state index in [1.165, 1.54) is 0 Å². The summed E-state index contributed by atoms with van der Waals surface area (Å²) in [5, 5.41) is 1.69. The Bertz CT molecular complexity index is 961. The molecule has 0 saturated heterocycles. The molecule has 1 aromatic heterocycles. The lowest BCUT2D eigenvalue weighted by Gasteiger charge is -2.18. The molecule has 2 nitrogen and oxygen atoms in total. The molecule has 0 N–H and O–H groups in total. The lowest BCUT2D eigenvalue weighted by atomic mass is 9.88. The van der Waals surface area contributed by atoms with E-state index < -0.39 is 0 Å². The number of benzene rings is 2. The third-order valence-corrected chi connectivity index (χ3v) is 5.64. The molecule has 0 aliphatic carbocycles. The van der Waals surface area contributed by atoms with Gasteiger partial charge in [-0.15, -0.1) is 11.3 Å². The Kier molecular flexibility index (Phi) is 4.39. The summed E-state index contributed by atoms with van der Waals surface area (Å²) in [6.07, 6.45) is 1.99. The minimum Gasteiger partial charge on any atom is -0.495 e. The highest BCUT2D eigenvalue weighted by Crippen LogP contribution is 2.35. The van der Waals surface area contributed by atoms with Gasteiger partial charge in [0.1, 0.15) is 5.75 Å². The van der Waals surface area contributed by atoms with Crippen LogP contribution in [0.2, 0.25) is 0 Å². The van der Waals surface area contributed by atoms with Crippen molar-refractivity contribution in [1.29, 1.82) is 0 Å². The molecule has 0 bridgehead atoms. The van der Waals surface area contributed by atoms with Crippen molar-refractivity contribution in [3.63, 3.8) is 0 Å². The topological polar surface area (TPSA) is 26.3 Å². The van der Waals surface area contributed by atoms with Gasteiger partial charge in [-0.1, -0.05) is 39.0 Å². The van der Waals surface area contributed by atoms with Gasteiger partial charge in [-0.25, -0.2) is 0 Å². The Labute approximate surface area is 147 Å². The van der Waals surface area contributed by atoms with E-state index in [4.69, 9.17) is 4.74 Å². The van der Waals surface area contributed by atoms with Crippen LogP contribution in [0.25, 0.3) is 20.2 Å². The van der Waals surface area contributed by atoms with Gasteiger partial charge < -0.3 is 4.74 Å². The fraction of sp³-hybridized carbons (Fsp3) is 0.381. The molecule has 0 saturated carbocycles. The second kappa shape index (κ2) is 6.21. The van der Waals surface area contributed by atoms with Crippen LogP contribution in [0.5, 0.6) is 5.75 Å². The number of aryl methyl sites for hydroxylation is 2. The van der Waals surface area contributed by atoms with Crippen molar-refractivity contribution in [2.45, 2.75) is 40.5 Å². The SMILES string of the molecule is COc1ccc(C)c2c(=O)c3c(CCC(C)(C)C)cccc3sc12. The van der Waals surface area contributed by atoms with Crippen molar-refractivity contribution in [2.24, 2.45) is 5.41 Å². The molecule has 0 aliphatic rings. The molecule has 0 fully saturated rings. The molecule has 1 heterocycles. The smallest absolute Gasteiger partial charge is 0.196 e. The number of fused-ring (bicyclic) bond motifs is 2. The van der Waals surface area contributed by atoms with Gasteiger partial charge in [0.25, 0.3) is 0 Å². The zero-order valence-electron chi connectivity index (χ0n) is 15.0. The van der Waals surface area contributed by atoms with Crippen LogP contribution in [-0.2, 0) is 6.42 Å². The van der Waals surface area contributed by atoms with Crippen LogP contribution in [0.15, 0.2) is 35.1 Å². The van der Waals surface area contributed by atoms with E-state index in [-0.39, 0.29) is 10.8 Å². The minimum absolute atomic E-state index is 0.139. The number of methoxy groups -OCH3 is 1. The number of hydrogen-bond donors (Lipinski definition) is 0. The lowest BCUT2D eigenvalue weighted by Crippen LogP contribution is -2.10. The summed E-state index contributed by atoms with van der Waals surface area (Å²) < 4.78 is 7.47. The zero-order chi connectivity index (χ0) is 17.5. The van der Waals surface area contributed by atoms with Gasteiger partial charge in [0.2, 0.25) is 0 Å². The predicted octanol–water partition coefficient (Wildman–Crippen LogP) is 5.71. The highest BCUT2D eigenvalue weighted by Gasteiger charge is 2.16. The average molecular weight is 340 g/mol. The Morgan fingerprint density at radius 3 is 2.50 bits per heavy atom. The molecule has 24 heavy (non-hydrogen) atoms.